The van der Waals surface area contributed by atoms with Crippen LogP contribution in [0.15, 0.2) is 23.6 Å². The fourth-order valence-electron chi connectivity index (χ4n) is 2.59. The summed E-state index contributed by atoms with van der Waals surface area (Å²) in [5, 5.41) is 7.56. The van der Waals surface area contributed by atoms with Gasteiger partial charge in [-0.3, -0.25) is 4.79 Å². The van der Waals surface area contributed by atoms with Crippen LogP contribution in [0.25, 0.3) is 0 Å². The van der Waals surface area contributed by atoms with E-state index in [0.717, 1.165) is 19.6 Å². The first-order chi connectivity index (χ1) is 10.0. The van der Waals surface area contributed by atoms with Gasteiger partial charge in [0.25, 0.3) is 5.56 Å². The van der Waals surface area contributed by atoms with Gasteiger partial charge in [-0.25, -0.2) is 4.68 Å². The molecule has 1 aromatic heterocycles. The molecule has 1 N–H and O–H groups in total. The van der Waals surface area contributed by atoms with Crippen molar-refractivity contribution in [1.29, 1.82) is 0 Å². The Morgan fingerprint density at radius 3 is 3.00 bits per heavy atom. The van der Waals surface area contributed by atoms with E-state index in [-0.39, 0.29) is 10.6 Å². The van der Waals surface area contributed by atoms with Crippen molar-refractivity contribution in [1.82, 2.24) is 14.7 Å². The summed E-state index contributed by atoms with van der Waals surface area (Å²) < 4.78 is 1.30. The molecule has 6 heteroatoms. The van der Waals surface area contributed by atoms with Crippen molar-refractivity contribution in [3.63, 3.8) is 0 Å². The number of aromatic nitrogens is 2. The molecule has 1 aromatic rings. The molecule has 1 aliphatic heterocycles. The van der Waals surface area contributed by atoms with E-state index in [1.54, 1.807) is 12.3 Å². The summed E-state index contributed by atoms with van der Waals surface area (Å²) in [6.07, 6.45) is 4.41. The Kier molecular flexibility index (Phi) is 5.42. The normalized spacial score (nSPS) is 19.1. The van der Waals surface area contributed by atoms with Crippen molar-refractivity contribution in [2.45, 2.75) is 32.9 Å². The largest absolute Gasteiger partial charge is 0.382 e. The number of nitrogens with zero attached hydrogens (tertiary/aromatic N) is 3. The minimum absolute atomic E-state index is 0.200. The van der Waals surface area contributed by atoms with Gasteiger partial charge >= 0.3 is 0 Å². The lowest BCUT2D eigenvalue weighted by Crippen LogP contribution is -2.29. The lowest BCUT2D eigenvalue weighted by molar-refractivity contribution is 0.266. The van der Waals surface area contributed by atoms with Gasteiger partial charge in [0.1, 0.15) is 5.02 Å². The van der Waals surface area contributed by atoms with Crippen LogP contribution < -0.4 is 10.9 Å². The van der Waals surface area contributed by atoms with Crippen molar-refractivity contribution in [3.05, 3.63) is 34.2 Å². The number of rotatable bonds is 6. The summed E-state index contributed by atoms with van der Waals surface area (Å²) in [7, 11) is 0. The van der Waals surface area contributed by atoms with Gasteiger partial charge in [-0.15, -0.1) is 6.58 Å². The van der Waals surface area contributed by atoms with E-state index >= 15 is 0 Å². The number of nitrogens with one attached hydrogen (secondary N) is 1. The second-order valence-electron chi connectivity index (χ2n) is 5.77. The predicted molar refractivity (Wildman–Crippen MR) is 87.0 cm³/mol. The molecule has 0 amide bonds. The number of allylic oxidation sites excluding steroid dienone is 1. The third-order valence-corrected chi connectivity index (χ3v) is 4.28. The highest BCUT2D eigenvalue weighted by Crippen LogP contribution is 2.21. The molecule has 0 saturated carbocycles. The first kappa shape index (κ1) is 16.0. The lowest BCUT2D eigenvalue weighted by Gasteiger charge is -2.20. The molecular formula is C15H23ClN4O. The molecule has 21 heavy (non-hydrogen) atoms. The minimum atomic E-state index is -0.281. The van der Waals surface area contributed by atoms with Crippen LogP contribution in [0.4, 0.5) is 5.69 Å². The van der Waals surface area contributed by atoms with Gasteiger partial charge in [0.2, 0.25) is 0 Å². The number of anilines is 1. The van der Waals surface area contributed by atoms with E-state index in [1.807, 2.05) is 0 Å². The highest BCUT2D eigenvalue weighted by molar-refractivity contribution is 6.32. The third-order valence-electron chi connectivity index (χ3n) is 3.92. The smallest absolute Gasteiger partial charge is 0.287 e. The first-order valence-corrected chi connectivity index (χ1v) is 7.75. The number of likely N-dealkylation sites (tertiary alicyclic amines) is 1. The average Bonchev–Trinajstić information content (AvgIpc) is 2.92. The number of halogens is 1. The maximum atomic E-state index is 12.0. The Hall–Kier alpha value is -1.33. The standard InChI is InChI=1S/C15H23ClN4O/c1-4-6-20-15(21)14(16)13(9-18-20)17-8-12-5-7-19(10-12)11(2)3/h4,9,11-12,17H,1,5-8,10H2,2-3H3. The molecule has 0 radical (unpaired) electrons. The predicted octanol–water partition coefficient (Wildman–Crippen LogP) is 2.22. The molecule has 1 saturated heterocycles. The van der Waals surface area contributed by atoms with E-state index in [1.165, 1.54) is 11.1 Å². The SMILES string of the molecule is C=CCn1ncc(NCC2CCN(C(C)C)C2)c(Cl)c1=O. The van der Waals surface area contributed by atoms with Crippen LogP contribution in [0.5, 0.6) is 0 Å². The van der Waals surface area contributed by atoms with E-state index in [9.17, 15) is 4.79 Å². The monoisotopic (exact) mass is 310 g/mol. The molecule has 2 rings (SSSR count). The van der Waals surface area contributed by atoms with E-state index in [0.29, 0.717) is 24.2 Å². The van der Waals surface area contributed by atoms with Gasteiger partial charge in [0, 0.05) is 19.1 Å². The van der Waals surface area contributed by atoms with Crippen molar-refractivity contribution in [2.75, 3.05) is 25.0 Å². The molecular weight excluding hydrogens is 288 g/mol. The zero-order chi connectivity index (χ0) is 15.4. The summed E-state index contributed by atoms with van der Waals surface area (Å²) in [5.74, 6) is 0.582. The molecule has 1 aliphatic rings. The minimum Gasteiger partial charge on any atom is -0.382 e. The van der Waals surface area contributed by atoms with Crippen LogP contribution in [-0.2, 0) is 6.54 Å². The Morgan fingerprint density at radius 2 is 2.38 bits per heavy atom. The van der Waals surface area contributed by atoms with Crippen LogP contribution in [0.1, 0.15) is 20.3 Å². The van der Waals surface area contributed by atoms with Crippen LogP contribution in [0, 0.1) is 5.92 Å². The molecule has 5 nitrogen and oxygen atoms in total. The van der Waals surface area contributed by atoms with Crippen molar-refractivity contribution < 1.29 is 0 Å². The van der Waals surface area contributed by atoms with Gasteiger partial charge in [-0.1, -0.05) is 17.7 Å². The van der Waals surface area contributed by atoms with Crippen LogP contribution in [0.2, 0.25) is 5.02 Å². The van der Waals surface area contributed by atoms with E-state index < -0.39 is 0 Å². The fourth-order valence-corrected chi connectivity index (χ4v) is 2.81. The Labute approximate surface area is 130 Å². The Bertz CT molecular complexity index is 555. The molecule has 0 aromatic carbocycles. The molecule has 1 fully saturated rings. The summed E-state index contributed by atoms with van der Waals surface area (Å²) >= 11 is 6.12. The van der Waals surface area contributed by atoms with E-state index in [4.69, 9.17) is 11.6 Å². The topological polar surface area (TPSA) is 50.2 Å². The summed E-state index contributed by atoms with van der Waals surface area (Å²) in [6.45, 7) is 11.4. The summed E-state index contributed by atoms with van der Waals surface area (Å²) in [6, 6.07) is 0.586. The Balaban J connectivity index is 1.97. The summed E-state index contributed by atoms with van der Waals surface area (Å²) in [5.41, 5.74) is 0.335. The van der Waals surface area contributed by atoms with E-state index in [2.05, 4.69) is 35.7 Å². The second-order valence-corrected chi connectivity index (χ2v) is 6.15. The van der Waals surface area contributed by atoms with Crippen LogP contribution >= 0.6 is 11.6 Å². The maximum absolute atomic E-state index is 12.0. The van der Waals surface area contributed by atoms with Crippen LogP contribution in [0.3, 0.4) is 0 Å². The highest BCUT2D eigenvalue weighted by atomic mass is 35.5. The van der Waals surface area contributed by atoms with Gasteiger partial charge in [0.15, 0.2) is 0 Å². The molecule has 1 atom stereocenters. The van der Waals surface area contributed by atoms with Gasteiger partial charge in [0.05, 0.1) is 18.4 Å². The van der Waals surface area contributed by atoms with Crippen molar-refractivity contribution in [2.24, 2.45) is 5.92 Å². The second kappa shape index (κ2) is 7.09. The van der Waals surface area contributed by atoms with Crippen molar-refractivity contribution in [3.8, 4) is 0 Å². The average molecular weight is 311 g/mol. The van der Waals surface area contributed by atoms with Crippen LogP contribution in [-0.4, -0.2) is 40.4 Å². The lowest BCUT2D eigenvalue weighted by atomic mass is 10.1. The van der Waals surface area contributed by atoms with Gasteiger partial charge < -0.3 is 10.2 Å². The van der Waals surface area contributed by atoms with Gasteiger partial charge in [-0.2, -0.15) is 5.10 Å². The zero-order valence-corrected chi connectivity index (χ0v) is 13.4. The third kappa shape index (κ3) is 3.86. The quantitative estimate of drug-likeness (QED) is 0.819. The summed E-state index contributed by atoms with van der Waals surface area (Å²) in [4.78, 5) is 14.5. The fraction of sp³-hybridized carbons (Fsp3) is 0.600. The number of hydrogen-bond acceptors (Lipinski definition) is 4. The van der Waals surface area contributed by atoms with Crippen molar-refractivity contribution >= 4 is 17.3 Å². The Morgan fingerprint density at radius 1 is 1.62 bits per heavy atom. The maximum Gasteiger partial charge on any atom is 0.287 e. The molecule has 0 aliphatic carbocycles. The molecule has 2 heterocycles. The molecule has 0 spiro atoms. The highest BCUT2D eigenvalue weighted by Gasteiger charge is 2.24. The molecule has 0 bridgehead atoms. The zero-order valence-electron chi connectivity index (χ0n) is 12.7. The number of hydrogen-bond donors (Lipinski definition) is 1. The first-order valence-electron chi connectivity index (χ1n) is 7.37. The van der Waals surface area contributed by atoms with Gasteiger partial charge in [-0.05, 0) is 32.7 Å². The molecule has 1 unspecified atom stereocenters. The molecule has 116 valence electrons.